The Bertz CT molecular complexity index is 2090. The number of aromatic nitrogens is 1. The van der Waals surface area contributed by atoms with E-state index in [4.69, 9.17) is 14.2 Å². The first-order valence-corrected chi connectivity index (χ1v) is 21.7. The van der Waals surface area contributed by atoms with E-state index in [0.717, 1.165) is 13.8 Å². The molecule has 17 heteroatoms. The smallest absolute Gasteiger partial charge is 0.427 e. The summed E-state index contributed by atoms with van der Waals surface area (Å²) in [5, 5.41) is 0.702. The Labute approximate surface area is 341 Å². The molecule has 4 aliphatic rings. The Morgan fingerprint density at radius 2 is 1.78 bits per heavy atom. The number of allylic oxidation sites excluding steroid dienone is 2. The number of hydrogen-bond donors (Lipinski definition) is 1. The number of hydrogen-bond acceptors (Lipinski definition) is 10. The molecule has 59 heavy (non-hydrogen) atoms. The van der Waals surface area contributed by atoms with E-state index >= 15 is 0 Å². The molecule has 0 unspecified atom stereocenters. The van der Waals surface area contributed by atoms with Gasteiger partial charge in [-0.3, -0.25) is 28.9 Å². The number of nitrogens with zero attached hydrogens (tertiary/aromatic N) is 2. The summed E-state index contributed by atoms with van der Waals surface area (Å²) in [4.78, 5) is 62.3. The van der Waals surface area contributed by atoms with Crippen molar-refractivity contribution in [2.75, 3.05) is 19.8 Å². The maximum Gasteiger partial charge on any atom is 0.427 e. The van der Waals surface area contributed by atoms with Crippen molar-refractivity contribution in [1.82, 2.24) is 14.6 Å². The number of esters is 1. The number of sulfonamides is 1. The molecule has 7 atom stereocenters. The second-order valence-electron chi connectivity index (χ2n) is 17.4. The summed E-state index contributed by atoms with van der Waals surface area (Å²) in [6.45, 7) is 6.13. The number of carbonyl (C=O) groups excluding carboxylic acids is 4. The van der Waals surface area contributed by atoms with E-state index in [1.807, 2.05) is 19.9 Å². The highest BCUT2D eigenvalue weighted by molar-refractivity contribution is 7.91. The molecule has 1 aromatic carbocycles. The summed E-state index contributed by atoms with van der Waals surface area (Å²) in [7, 11) is -4.41. The topological polar surface area (TPSA) is 158 Å². The van der Waals surface area contributed by atoms with Crippen molar-refractivity contribution in [2.45, 2.75) is 121 Å². The quantitative estimate of drug-likeness (QED) is 0.145. The van der Waals surface area contributed by atoms with Crippen LogP contribution in [0.15, 0.2) is 42.6 Å². The Morgan fingerprint density at radius 1 is 1.07 bits per heavy atom. The fourth-order valence-corrected chi connectivity index (χ4v) is 9.85. The average Bonchev–Trinajstić information content (AvgIpc) is 4.06. The van der Waals surface area contributed by atoms with E-state index < -0.39 is 105 Å². The standard InChI is InChI=1S/C42H53F4N3O9S/c1-6-56-29-11-12-33-27(16-29)17-30(22-47-33)57-31-18-34-35(50)21-41(38(53)48-59(54,55)40(24-43)13-14-40)20-28(41)10-8-7-9-25(2)15-26(3)32(37(52)49(34)23-31)19-36(51)58-39(4,5)42(44,45)46/h8,10-12,16-17,22,25-26,28,31-32,34H,6-7,9,13-15,18-21,23-24H2,1-5H3,(H,48,53)/b10-8-/t25-,26-,28-,31-,32+,34+,41-/m1/s1. The van der Waals surface area contributed by atoms with Crippen LogP contribution in [0.25, 0.3) is 10.9 Å². The Balaban J connectivity index is 1.34. The number of amides is 2. The number of alkyl halides is 4. The first-order chi connectivity index (χ1) is 27.6. The van der Waals surface area contributed by atoms with Crippen LogP contribution in [0, 0.1) is 29.1 Å². The Hall–Kier alpha value is -4.28. The second kappa shape index (κ2) is 16.6. The van der Waals surface area contributed by atoms with Gasteiger partial charge in [0.05, 0.1) is 48.7 Å². The molecule has 2 aromatic rings. The number of benzene rings is 1. The number of carbonyl (C=O) groups is 4. The molecule has 6 rings (SSSR count). The number of pyridine rings is 1. The SMILES string of the molecule is CCOc1ccc2ncc(O[C@@H]3C[C@H]4C(=O)C[C@]5(C(=O)NS(=O)(=O)C6(CF)CC6)C[C@H]5/C=C\CC[C@@H](C)C[C@@H](C)[C@H](CC(=O)OC(C)(C)C(F)(F)F)C(=O)N4C3)cc2c1. The largest absolute Gasteiger partial charge is 0.494 e. The van der Waals surface area contributed by atoms with Gasteiger partial charge in [0.2, 0.25) is 27.4 Å². The van der Waals surface area contributed by atoms with Crippen molar-refractivity contribution in [3.05, 3.63) is 42.6 Å². The molecule has 3 heterocycles. The third-order valence-corrected chi connectivity index (χ3v) is 14.6. The molecule has 2 saturated carbocycles. The maximum atomic E-state index is 14.8. The lowest BCUT2D eigenvalue weighted by Gasteiger charge is -2.33. The van der Waals surface area contributed by atoms with Gasteiger partial charge < -0.3 is 19.1 Å². The monoisotopic (exact) mass is 851 g/mol. The summed E-state index contributed by atoms with van der Waals surface area (Å²) in [6.07, 6.45) is 0.134. The number of fused-ring (bicyclic) bond motifs is 3. The summed E-state index contributed by atoms with van der Waals surface area (Å²) < 4.78 is 98.8. The summed E-state index contributed by atoms with van der Waals surface area (Å²) in [5.74, 6) is -4.67. The van der Waals surface area contributed by atoms with Gasteiger partial charge in [-0.15, -0.1) is 0 Å². The zero-order valence-corrected chi connectivity index (χ0v) is 34.8. The molecule has 0 spiro atoms. The fourth-order valence-electron chi connectivity index (χ4n) is 8.41. The average molecular weight is 852 g/mol. The molecule has 3 fully saturated rings. The van der Waals surface area contributed by atoms with Crippen LogP contribution in [0.5, 0.6) is 11.5 Å². The van der Waals surface area contributed by atoms with Gasteiger partial charge in [-0.05, 0) is 101 Å². The van der Waals surface area contributed by atoms with Crippen LogP contribution in [0.2, 0.25) is 0 Å². The van der Waals surface area contributed by atoms with Gasteiger partial charge in [0.25, 0.3) is 0 Å². The van der Waals surface area contributed by atoms with Crippen LogP contribution < -0.4 is 14.2 Å². The minimum Gasteiger partial charge on any atom is -0.494 e. The molecule has 2 aliphatic heterocycles. The molecular weight excluding hydrogens is 799 g/mol. The molecule has 324 valence electrons. The summed E-state index contributed by atoms with van der Waals surface area (Å²) in [6, 6.07) is 5.89. The zero-order valence-electron chi connectivity index (χ0n) is 34.0. The highest BCUT2D eigenvalue weighted by atomic mass is 32.2. The van der Waals surface area contributed by atoms with Crippen LogP contribution in [-0.2, 0) is 33.9 Å². The lowest BCUT2D eigenvalue weighted by Crippen LogP contribution is -2.49. The lowest BCUT2D eigenvalue weighted by molar-refractivity contribution is -0.257. The van der Waals surface area contributed by atoms with Crippen LogP contribution in [0.4, 0.5) is 17.6 Å². The fraction of sp³-hybridized carbons (Fsp3) is 0.643. The minimum absolute atomic E-state index is 0.0127. The summed E-state index contributed by atoms with van der Waals surface area (Å²) >= 11 is 0. The molecule has 1 N–H and O–H groups in total. The predicted molar refractivity (Wildman–Crippen MR) is 208 cm³/mol. The van der Waals surface area contributed by atoms with Crippen molar-refractivity contribution in [3.63, 3.8) is 0 Å². The van der Waals surface area contributed by atoms with Gasteiger partial charge in [-0.1, -0.05) is 26.0 Å². The van der Waals surface area contributed by atoms with E-state index in [-0.39, 0.29) is 38.1 Å². The highest BCUT2D eigenvalue weighted by Gasteiger charge is 2.63. The van der Waals surface area contributed by atoms with Crippen LogP contribution >= 0.6 is 0 Å². The van der Waals surface area contributed by atoms with E-state index in [1.165, 1.54) is 11.1 Å². The Morgan fingerprint density at radius 3 is 2.44 bits per heavy atom. The zero-order chi connectivity index (χ0) is 43.1. The number of ether oxygens (including phenoxy) is 3. The lowest BCUT2D eigenvalue weighted by atomic mass is 9.82. The number of nitrogens with one attached hydrogen (secondary N) is 1. The van der Waals surface area contributed by atoms with Gasteiger partial charge in [-0.2, -0.15) is 13.2 Å². The highest BCUT2D eigenvalue weighted by Crippen LogP contribution is 2.58. The molecule has 1 aromatic heterocycles. The third kappa shape index (κ3) is 9.39. The van der Waals surface area contributed by atoms with Gasteiger partial charge in [-0.25, -0.2) is 12.8 Å². The third-order valence-electron chi connectivity index (χ3n) is 12.5. The molecule has 0 bridgehead atoms. The van der Waals surface area contributed by atoms with Gasteiger partial charge in [0.15, 0.2) is 5.78 Å². The van der Waals surface area contributed by atoms with Crippen LogP contribution in [0.3, 0.4) is 0 Å². The van der Waals surface area contributed by atoms with Gasteiger partial charge in [0, 0.05) is 18.2 Å². The predicted octanol–water partition coefficient (Wildman–Crippen LogP) is 6.80. The van der Waals surface area contributed by atoms with Crippen molar-refractivity contribution in [3.8, 4) is 11.5 Å². The molecule has 12 nitrogen and oxygen atoms in total. The first-order valence-electron chi connectivity index (χ1n) is 20.2. The van der Waals surface area contributed by atoms with Crippen molar-refractivity contribution < 1.29 is 59.4 Å². The van der Waals surface area contributed by atoms with Crippen molar-refractivity contribution in [2.24, 2.45) is 29.1 Å². The van der Waals surface area contributed by atoms with E-state index in [2.05, 4.69) is 9.71 Å². The molecular formula is C42H53F4N3O9S. The molecule has 2 amide bonds. The minimum atomic E-state index is -4.88. The Kier molecular flexibility index (Phi) is 12.5. The molecule has 1 saturated heterocycles. The van der Waals surface area contributed by atoms with E-state index in [0.29, 0.717) is 48.3 Å². The van der Waals surface area contributed by atoms with Gasteiger partial charge >= 0.3 is 12.1 Å². The number of halogens is 4. The second-order valence-corrected chi connectivity index (χ2v) is 19.5. The summed E-state index contributed by atoms with van der Waals surface area (Å²) in [5.41, 5.74) is -3.66. The number of rotatable bonds is 11. The van der Waals surface area contributed by atoms with Crippen molar-refractivity contribution >= 4 is 44.5 Å². The molecule has 0 radical (unpaired) electrons. The maximum absolute atomic E-state index is 14.8. The first kappa shape index (κ1) is 44.3. The van der Waals surface area contributed by atoms with Crippen molar-refractivity contribution in [1.29, 1.82) is 0 Å². The number of ketones is 1. The molecule has 2 aliphatic carbocycles. The van der Waals surface area contributed by atoms with Crippen LogP contribution in [-0.4, -0.2) is 90.4 Å². The van der Waals surface area contributed by atoms with E-state index in [1.54, 1.807) is 37.3 Å². The number of Topliss-reactive ketones (excluding diaryl/α,β-unsaturated/α-hetero) is 1. The van der Waals surface area contributed by atoms with Crippen LogP contribution in [0.1, 0.15) is 92.4 Å². The van der Waals surface area contributed by atoms with E-state index in [9.17, 15) is 45.2 Å². The van der Waals surface area contributed by atoms with Gasteiger partial charge in [0.1, 0.15) is 29.0 Å². The normalized spacial score (nSPS) is 29.3.